The normalized spacial score (nSPS) is 11.8. The van der Waals surface area contributed by atoms with Gasteiger partial charge < -0.3 is 15.4 Å². The van der Waals surface area contributed by atoms with Gasteiger partial charge in [0.25, 0.3) is 11.6 Å². The number of anilines is 1. The number of hydrogen-bond donors (Lipinski definition) is 2. The van der Waals surface area contributed by atoms with Crippen LogP contribution in [0.15, 0.2) is 47.4 Å². The van der Waals surface area contributed by atoms with E-state index in [0.717, 1.165) is 12.3 Å². The van der Waals surface area contributed by atoms with Crippen LogP contribution >= 0.6 is 0 Å². The lowest BCUT2D eigenvalue weighted by molar-refractivity contribution is -0.384. The Morgan fingerprint density at radius 1 is 1.12 bits per heavy atom. The molecule has 0 saturated carbocycles. The van der Waals surface area contributed by atoms with E-state index in [9.17, 15) is 36.5 Å². The summed E-state index contributed by atoms with van der Waals surface area (Å²) in [6.45, 7) is -1.39. The molecule has 0 bridgehead atoms. The second kappa shape index (κ2) is 10.4. The van der Waals surface area contributed by atoms with Crippen LogP contribution in [0.4, 0.5) is 24.5 Å². The molecule has 0 spiro atoms. The fourth-order valence-corrected chi connectivity index (χ4v) is 3.20. The van der Waals surface area contributed by atoms with Crippen molar-refractivity contribution >= 4 is 27.1 Å². The number of carbonyl (C=O) groups excluding carboxylic acids is 1. The molecule has 0 unspecified atom stereocenters. The third-order valence-corrected chi connectivity index (χ3v) is 5.18. The fraction of sp³-hybridized carbons (Fsp3) is 0.316. The van der Waals surface area contributed by atoms with Crippen LogP contribution in [0.25, 0.3) is 0 Å². The van der Waals surface area contributed by atoms with Gasteiger partial charge in [0.2, 0.25) is 0 Å². The number of carbonyl (C=O) groups is 1. The maximum atomic E-state index is 12.1. The topological polar surface area (TPSA) is 128 Å². The van der Waals surface area contributed by atoms with Crippen LogP contribution in [0.1, 0.15) is 15.9 Å². The van der Waals surface area contributed by atoms with Gasteiger partial charge in [-0.2, -0.15) is 13.2 Å². The maximum Gasteiger partial charge on any atom is 0.411 e. The molecule has 0 aliphatic rings. The molecule has 2 aromatic carbocycles. The lowest BCUT2D eigenvalue weighted by atomic mass is 10.1. The molecule has 0 fully saturated rings. The van der Waals surface area contributed by atoms with Crippen LogP contribution < -0.4 is 10.6 Å². The Balaban J connectivity index is 1.86. The largest absolute Gasteiger partial charge is 0.411 e. The SMILES string of the molecule is CS(=O)(=O)c1ccc(NCCNC(=O)c2ccc(COCC(F)(F)F)cc2)c([N+](=O)[O-])c1. The zero-order chi connectivity index (χ0) is 23.9. The number of halogens is 3. The zero-order valence-corrected chi connectivity index (χ0v) is 17.6. The number of ether oxygens (including phenoxy) is 1. The molecule has 1 amide bonds. The van der Waals surface area contributed by atoms with Crippen molar-refractivity contribution in [3.63, 3.8) is 0 Å². The van der Waals surface area contributed by atoms with Gasteiger partial charge in [-0.15, -0.1) is 0 Å². The van der Waals surface area contributed by atoms with Crippen LogP contribution in [-0.2, 0) is 21.2 Å². The minimum atomic E-state index is -4.41. The first-order valence-corrected chi connectivity index (χ1v) is 11.0. The molecule has 9 nitrogen and oxygen atoms in total. The van der Waals surface area contributed by atoms with E-state index in [1.165, 1.54) is 36.4 Å². The van der Waals surface area contributed by atoms with Gasteiger partial charge in [0.05, 0.1) is 16.4 Å². The van der Waals surface area contributed by atoms with Crippen LogP contribution in [-0.4, -0.2) is 51.4 Å². The van der Waals surface area contributed by atoms with Crippen LogP contribution in [0.2, 0.25) is 0 Å². The molecule has 0 aromatic heterocycles. The number of amides is 1. The summed E-state index contributed by atoms with van der Waals surface area (Å²) in [7, 11) is -3.60. The van der Waals surface area contributed by atoms with Crippen molar-refractivity contribution in [2.24, 2.45) is 0 Å². The molecule has 0 aliphatic carbocycles. The lowest BCUT2D eigenvalue weighted by Crippen LogP contribution is -2.28. The number of nitrogens with zero attached hydrogens (tertiary/aromatic N) is 1. The second-order valence-corrected chi connectivity index (χ2v) is 8.71. The van der Waals surface area contributed by atoms with E-state index in [1.54, 1.807) is 0 Å². The molecule has 0 saturated heterocycles. The molecule has 0 aliphatic heterocycles. The minimum absolute atomic E-state index is 0.0971. The van der Waals surface area contributed by atoms with Gasteiger partial charge >= 0.3 is 6.18 Å². The number of nitro groups is 1. The zero-order valence-electron chi connectivity index (χ0n) is 16.8. The molecular formula is C19H20F3N3O6S. The highest BCUT2D eigenvalue weighted by Gasteiger charge is 2.27. The molecule has 2 N–H and O–H groups in total. The van der Waals surface area contributed by atoms with E-state index >= 15 is 0 Å². The molecule has 0 radical (unpaired) electrons. The van der Waals surface area contributed by atoms with E-state index in [0.29, 0.717) is 5.56 Å². The smallest absolute Gasteiger partial charge is 0.378 e. The summed E-state index contributed by atoms with van der Waals surface area (Å²) in [4.78, 5) is 22.5. The Kier molecular flexibility index (Phi) is 8.16. The highest BCUT2D eigenvalue weighted by molar-refractivity contribution is 7.90. The first-order chi connectivity index (χ1) is 14.9. The molecule has 32 heavy (non-hydrogen) atoms. The highest BCUT2D eigenvalue weighted by Crippen LogP contribution is 2.27. The highest BCUT2D eigenvalue weighted by atomic mass is 32.2. The molecule has 2 aromatic rings. The Bertz CT molecular complexity index is 1070. The van der Waals surface area contributed by atoms with E-state index in [-0.39, 0.29) is 35.8 Å². The molecule has 174 valence electrons. The average molecular weight is 475 g/mol. The number of hydrogen-bond acceptors (Lipinski definition) is 7. The number of alkyl halides is 3. The van der Waals surface area contributed by atoms with E-state index in [1.807, 2.05) is 0 Å². The van der Waals surface area contributed by atoms with Crippen molar-refractivity contribution in [2.75, 3.05) is 31.3 Å². The van der Waals surface area contributed by atoms with Gasteiger partial charge in [-0.25, -0.2) is 8.42 Å². The third-order valence-electron chi connectivity index (χ3n) is 4.07. The van der Waals surface area contributed by atoms with Gasteiger partial charge in [-0.3, -0.25) is 14.9 Å². The van der Waals surface area contributed by atoms with Crippen LogP contribution in [0.3, 0.4) is 0 Å². The Hall–Kier alpha value is -3.19. The summed E-state index contributed by atoms with van der Waals surface area (Å²) in [6, 6.07) is 9.27. The van der Waals surface area contributed by atoms with Crippen molar-refractivity contribution in [1.29, 1.82) is 0 Å². The standard InChI is InChI=1S/C19H20F3N3O6S/c1-32(29,30)15-6-7-16(17(10-15)25(27)28)23-8-9-24-18(26)14-4-2-13(3-5-14)11-31-12-19(20,21)22/h2-7,10,23H,8-9,11-12H2,1H3,(H,24,26). The van der Waals surface area contributed by atoms with E-state index in [2.05, 4.69) is 15.4 Å². The van der Waals surface area contributed by atoms with Crippen molar-refractivity contribution < 1.29 is 36.0 Å². The third kappa shape index (κ3) is 7.81. The minimum Gasteiger partial charge on any atom is -0.378 e. The molecule has 13 heteroatoms. The Morgan fingerprint density at radius 2 is 1.78 bits per heavy atom. The summed E-state index contributed by atoms with van der Waals surface area (Å²) in [6.07, 6.45) is -3.47. The van der Waals surface area contributed by atoms with Gasteiger partial charge in [-0.1, -0.05) is 12.1 Å². The molecule has 0 heterocycles. The first-order valence-electron chi connectivity index (χ1n) is 9.11. The average Bonchev–Trinajstić information content (AvgIpc) is 2.69. The van der Waals surface area contributed by atoms with Gasteiger partial charge in [0, 0.05) is 31.0 Å². The first kappa shape index (κ1) is 25.1. The number of rotatable bonds is 10. The Labute approximate surface area is 181 Å². The fourth-order valence-electron chi connectivity index (χ4n) is 2.55. The van der Waals surface area contributed by atoms with Crippen molar-refractivity contribution in [1.82, 2.24) is 5.32 Å². The van der Waals surface area contributed by atoms with Crippen molar-refractivity contribution in [2.45, 2.75) is 17.7 Å². The number of nitro benzene ring substituents is 1. The number of nitrogens with one attached hydrogen (secondary N) is 2. The summed E-state index contributed by atoms with van der Waals surface area (Å²) in [5.74, 6) is -0.448. The maximum absolute atomic E-state index is 12.1. The molecule has 2 rings (SSSR count). The summed E-state index contributed by atoms with van der Waals surface area (Å²) in [5.41, 5.74) is 0.424. The van der Waals surface area contributed by atoms with Crippen LogP contribution in [0.5, 0.6) is 0 Å². The summed E-state index contributed by atoms with van der Waals surface area (Å²) < 4.78 is 63.9. The summed E-state index contributed by atoms with van der Waals surface area (Å²) >= 11 is 0. The van der Waals surface area contributed by atoms with Crippen LogP contribution in [0, 0.1) is 10.1 Å². The predicted octanol–water partition coefficient (Wildman–Crippen LogP) is 2.92. The van der Waals surface area contributed by atoms with Crippen molar-refractivity contribution in [3.05, 3.63) is 63.7 Å². The molecule has 0 atom stereocenters. The van der Waals surface area contributed by atoms with Gasteiger partial charge in [-0.05, 0) is 29.8 Å². The quantitative estimate of drug-likeness (QED) is 0.307. The summed E-state index contributed by atoms with van der Waals surface area (Å²) in [5, 5.41) is 16.6. The van der Waals surface area contributed by atoms with Gasteiger partial charge in [0.15, 0.2) is 9.84 Å². The van der Waals surface area contributed by atoms with Gasteiger partial charge in [0.1, 0.15) is 12.3 Å². The van der Waals surface area contributed by atoms with E-state index < -0.39 is 39.1 Å². The molecular weight excluding hydrogens is 455 g/mol. The monoisotopic (exact) mass is 475 g/mol. The predicted molar refractivity (Wildman–Crippen MR) is 109 cm³/mol. The van der Waals surface area contributed by atoms with E-state index in [4.69, 9.17) is 0 Å². The number of benzene rings is 2. The Morgan fingerprint density at radius 3 is 2.34 bits per heavy atom. The lowest BCUT2D eigenvalue weighted by Gasteiger charge is -2.10. The van der Waals surface area contributed by atoms with Crippen molar-refractivity contribution in [3.8, 4) is 0 Å². The number of sulfone groups is 1. The second-order valence-electron chi connectivity index (χ2n) is 6.70.